The van der Waals surface area contributed by atoms with Gasteiger partial charge in [0.05, 0.1) is 6.10 Å². The fourth-order valence-electron chi connectivity index (χ4n) is 4.06. The average Bonchev–Trinajstić information content (AvgIpc) is 2.73. The van der Waals surface area contributed by atoms with E-state index in [4.69, 9.17) is 10.5 Å². The molecule has 0 bridgehead atoms. The number of hydrogen-bond acceptors (Lipinski definition) is 3. The Bertz CT molecular complexity index is 261. The molecule has 1 aliphatic carbocycles. The first-order chi connectivity index (χ1) is 9.24. The van der Waals surface area contributed by atoms with Gasteiger partial charge in [0.25, 0.3) is 0 Å². The maximum Gasteiger partial charge on any atom is 0.0572 e. The Morgan fingerprint density at radius 2 is 1.89 bits per heavy atom. The molecule has 112 valence electrons. The predicted molar refractivity (Wildman–Crippen MR) is 80.3 cm³/mol. The Hall–Kier alpha value is -0.120. The molecule has 0 aromatic heterocycles. The summed E-state index contributed by atoms with van der Waals surface area (Å²) >= 11 is 0. The zero-order valence-electron chi connectivity index (χ0n) is 12.9. The van der Waals surface area contributed by atoms with E-state index in [9.17, 15) is 0 Å². The van der Waals surface area contributed by atoms with Gasteiger partial charge in [-0.3, -0.25) is 4.90 Å². The second-order valence-corrected chi connectivity index (χ2v) is 6.56. The lowest BCUT2D eigenvalue weighted by molar-refractivity contribution is -0.00606. The molecule has 0 spiro atoms. The first-order valence-electron chi connectivity index (χ1n) is 8.22. The molecular weight excluding hydrogens is 236 g/mol. The van der Waals surface area contributed by atoms with Gasteiger partial charge >= 0.3 is 0 Å². The highest BCUT2D eigenvalue weighted by Gasteiger charge is 2.39. The topological polar surface area (TPSA) is 38.5 Å². The molecule has 2 fully saturated rings. The molecule has 2 rings (SSSR count). The van der Waals surface area contributed by atoms with Gasteiger partial charge in [0.15, 0.2) is 0 Å². The van der Waals surface area contributed by atoms with E-state index in [-0.39, 0.29) is 5.54 Å². The summed E-state index contributed by atoms with van der Waals surface area (Å²) in [5.74, 6) is 0.940. The lowest BCUT2D eigenvalue weighted by atomic mass is 9.78. The van der Waals surface area contributed by atoms with E-state index in [2.05, 4.69) is 11.8 Å². The second-order valence-electron chi connectivity index (χ2n) is 6.56. The lowest BCUT2D eigenvalue weighted by Gasteiger charge is -2.47. The summed E-state index contributed by atoms with van der Waals surface area (Å²) < 4.78 is 5.52. The SMILES string of the molecule is CCC1CCCN(C2(CN)CCC(OC)CC2)CC1. The monoisotopic (exact) mass is 268 g/mol. The third-order valence-corrected chi connectivity index (χ3v) is 5.67. The molecule has 19 heavy (non-hydrogen) atoms. The Morgan fingerprint density at radius 3 is 2.47 bits per heavy atom. The number of ether oxygens (including phenoxy) is 1. The standard InChI is InChI=1S/C16H32N2O/c1-3-14-5-4-11-18(12-8-14)16(13-17)9-6-15(19-2)7-10-16/h14-15H,3-13,17H2,1-2H3. The van der Waals surface area contributed by atoms with Crippen LogP contribution >= 0.6 is 0 Å². The lowest BCUT2D eigenvalue weighted by Crippen LogP contribution is -2.56. The third kappa shape index (κ3) is 3.50. The molecule has 0 aromatic carbocycles. The summed E-state index contributed by atoms with van der Waals surface area (Å²) in [6.07, 6.45) is 10.7. The van der Waals surface area contributed by atoms with E-state index in [1.807, 2.05) is 7.11 Å². The van der Waals surface area contributed by atoms with Crippen molar-refractivity contribution in [2.75, 3.05) is 26.7 Å². The van der Waals surface area contributed by atoms with Crippen LogP contribution in [0.25, 0.3) is 0 Å². The quantitative estimate of drug-likeness (QED) is 0.852. The fraction of sp³-hybridized carbons (Fsp3) is 1.00. The molecule has 1 unspecified atom stereocenters. The van der Waals surface area contributed by atoms with Gasteiger partial charge in [-0.1, -0.05) is 13.3 Å². The minimum Gasteiger partial charge on any atom is -0.381 e. The predicted octanol–water partition coefficient (Wildman–Crippen LogP) is 2.79. The number of methoxy groups -OCH3 is 1. The maximum atomic E-state index is 6.19. The van der Waals surface area contributed by atoms with Crippen LogP contribution in [0.15, 0.2) is 0 Å². The number of hydrogen-bond donors (Lipinski definition) is 1. The van der Waals surface area contributed by atoms with Crippen molar-refractivity contribution in [2.45, 2.75) is 69.9 Å². The Labute approximate surface area is 118 Å². The van der Waals surface area contributed by atoms with Crippen molar-refractivity contribution >= 4 is 0 Å². The number of nitrogens with two attached hydrogens (primary N) is 1. The summed E-state index contributed by atoms with van der Waals surface area (Å²) in [7, 11) is 1.85. The van der Waals surface area contributed by atoms with E-state index < -0.39 is 0 Å². The summed E-state index contributed by atoms with van der Waals surface area (Å²) in [6.45, 7) is 5.67. The zero-order valence-corrected chi connectivity index (χ0v) is 12.9. The van der Waals surface area contributed by atoms with Crippen LogP contribution in [0.5, 0.6) is 0 Å². The third-order valence-electron chi connectivity index (χ3n) is 5.67. The van der Waals surface area contributed by atoms with Crippen molar-refractivity contribution in [1.29, 1.82) is 0 Å². The highest BCUT2D eigenvalue weighted by molar-refractivity contribution is 4.97. The molecule has 0 amide bonds. The molecule has 0 radical (unpaired) electrons. The average molecular weight is 268 g/mol. The number of rotatable bonds is 4. The van der Waals surface area contributed by atoms with Gasteiger partial charge in [-0.25, -0.2) is 0 Å². The minimum atomic E-state index is 0.275. The molecule has 1 aliphatic heterocycles. The van der Waals surface area contributed by atoms with Gasteiger partial charge < -0.3 is 10.5 Å². The molecular formula is C16H32N2O. The summed E-state index contributed by atoms with van der Waals surface area (Å²) in [5, 5.41) is 0. The van der Waals surface area contributed by atoms with Gasteiger partial charge in [0.2, 0.25) is 0 Å². The van der Waals surface area contributed by atoms with E-state index in [0.717, 1.165) is 12.5 Å². The number of nitrogens with zero attached hydrogens (tertiary/aromatic N) is 1. The molecule has 1 heterocycles. The molecule has 3 nitrogen and oxygen atoms in total. The number of likely N-dealkylation sites (tertiary alicyclic amines) is 1. The van der Waals surface area contributed by atoms with E-state index in [0.29, 0.717) is 6.10 Å². The minimum absolute atomic E-state index is 0.275. The van der Waals surface area contributed by atoms with Gasteiger partial charge in [-0.15, -0.1) is 0 Å². The van der Waals surface area contributed by atoms with Crippen molar-refractivity contribution in [3.8, 4) is 0 Å². The van der Waals surface area contributed by atoms with Crippen molar-refractivity contribution in [1.82, 2.24) is 4.90 Å². The van der Waals surface area contributed by atoms with Crippen LogP contribution in [-0.4, -0.2) is 43.3 Å². The van der Waals surface area contributed by atoms with Gasteiger partial charge in [-0.05, 0) is 64.0 Å². The van der Waals surface area contributed by atoms with Crippen molar-refractivity contribution in [3.05, 3.63) is 0 Å². The van der Waals surface area contributed by atoms with Crippen LogP contribution < -0.4 is 5.73 Å². The first-order valence-corrected chi connectivity index (χ1v) is 8.22. The van der Waals surface area contributed by atoms with Crippen LogP contribution in [0, 0.1) is 5.92 Å². The van der Waals surface area contributed by atoms with E-state index >= 15 is 0 Å². The Balaban J connectivity index is 1.97. The highest BCUT2D eigenvalue weighted by atomic mass is 16.5. The van der Waals surface area contributed by atoms with Crippen molar-refractivity contribution in [2.24, 2.45) is 11.7 Å². The molecule has 1 saturated heterocycles. The molecule has 0 aromatic rings. The largest absolute Gasteiger partial charge is 0.381 e. The summed E-state index contributed by atoms with van der Waals surface area (Å²) in [6, 6.07) is 0. The van der Waals surface area contributed by atoms with Crippen LogP contribution in [0.2, 0.25) is 0 Å². The summed E-state index contributed by atoms with van der Waals surface area (Å²) in [4.78, 5) is 2.73. The molecule has 1 saturated carbocycles. The maximum absolute atomic E-state index is 6.19. The smallest absolute Gasteiger partial charge is 0.0572 e. The van der Waals surface area contributed by atoms with Crippen LogP contribution in [-0.2, 0) is 4.74 Å². The van der Waals surface area contributed by atoms with Crippen LogP contribution in [0.3, 0.4) is 0 Å². The van der Waals surface area contributed by atoms with Gasteiger partial charge in [-0.2, -0.15) is 0 Å². The Morgan fingerprint density at radius 1 is 1.16 bits per heavy atom. The van der Waals surface area contributed by atoms with Crippen molar-refractivity contribution in [3.63, 3.8) is 0 Å². The van der Waals surface area contributed by atoms with Crippen LogP contribution in [0.4, 0.5) is 0 Å². The Kier molecular flexibility index (Phi) is 5.67. The van der Waals surface area contributed by atoms with E-state index in [1.54, 1.807) is 0 Å². The molecule has 3 heteroatoms. The van der Waals surface area contributed by atoms with E-state index in [1.165, 1.54) is 64.5 Å². The molecule has 2 aliphatic rings. The zero-order chi connectivity index (χ0) is 13.7. The van der Waals surface area contributed by atoms with Gasteiger partial charge in [0.1, 0.15) is 0 Å². The fourth-order valence-corrected chi connectivity index (χ4v) is 4.06. The summed E-state index contributed by atoms with van der Waals surface area (Å²) in [5.41, 5.74) is 6.47. The first kappa shape index (κ1) is 15.3. The molecule has 2 N–H and O–H groups in total. The van der Waals surface area contributed by atoms with Crippen molar-refractivity contribution < 1.29 is 4.74 Å². The van der Waals surface area contributed by atoms with Gasteiger partial charge in [0, 0.05) is 19.2 Å². The molecule has 1 atom stereocenters. The van der Waals surface area contributed by atoms with Crippen LogP contribution in [0.1, 0.15) is 58.3 Å². The highest BCUT2D eigenvalue weighted by Crippen LogP contribution is 2.36. The normalized spacial score (nSPS) is 38.1. The second kappa shape index (κ2) is 7.05.